The number of aryl methyl sites for hydroxylation is 1. The third-order valence-corrected chi connectivity index (χ3v) is 8.37. The van der Waals surface area contributed by atoms with Crippen LogP contribution in [0.5, 0.6) is 5.75 Å². The third-order valence-electron chi connectivity index (χ3n) is 8.37. The lowest BCUT2D eigenvalue weighted by Gasteiger charge is -2.40. The second-order valence-corrected chi connectivity index (χ2v) is 11.6. The smallest absolute Gasteiger partial charge is 0.395 e. The summed E-state index contributed by atoms with van der Waals surface area (Å²) < 4.78 is 47.8. The van der Waals surface area contributed by atoms with Crippen LogP contribution in [0.1, 0.15) is 67.0 Å². The molecule has 1 atom stereocenters. The minimum Gasteiger partial charge on any atom is -0.496 e. The molecule has 0 saturated carbocycles. The van der Waals surface area contributed by atoms with E-state index < -0.39 is 11.6 Å². The van der Waals surface area contributed by atoms with Crippen LogP contribution in [0.4, 0.5) is 13.2 Å². The van der Waals surface area contributed by atoms with Crippen molar-refractivity contribution >= 4 is 16.8 Å². The number of H-pyrrole nitrogens is 1. The summed E-state index contributed by atoms with van der Waals surface area (Å²) >= 11 is 0. The van der Waals surface area contributed by atoms with Gasteiger partial charge >= 0.3 is 6.18 Å². The number of aromatic amines is 1. The number of halogens is 3. The van der Waals surface area contributed by atoms with E-state index in [0.717, 1.165) is 29.4 Å². The molecule has 2 aromatic heterocycles. The number of pyridine rings is 1. The van der Waals surface area contributed by atoms with E-state index in [1.807, 2.05) is 36.1 Å². The summed E-state index contributed by atoms with van der Waals surface area (Å²) in [6.45, 7) is 9.53. The van der Waals surface area contributed by atoms with E-state index >= 15 is 0 Å². The lowest BCUT2D eigenvalue weighted by Crippen LogP contribution is -2.46. The predicted molar refractivity (Wildman–Crippen MR) is 150 cm³/mol. The summed E-state index contributed by atoms with van der Waals surface area (Å²) in [5.41, 5.74) is 1.25. The lowest BCUT2D eigenvalue weighted by molar-refractivity contribution is -0.217. The highest BCUT2D eigenvalue weighted by molar-refractivity contribution is 6.08. The van der Waals surface area contributed by atoms with Gasteiger partial charge in [-0.1, -0.05) is 18.2 Å². The van der Waals surface area contributed by atoms with Gasteiger partial charge in [0.05, 0.1) is 30.2 Å². The van der Waals surface area contributed by atoms with Gasteiger partial charge in [0.15, 0.2) is 0 Å². The molecule has 0 spiro atoms. The number of ether oxygens (including phenoxy) is 1. The Balaban J connectivity index is 1.54. The van der Waals surface area contributed by atoms with E-state index in [1.54, 1.807) is 13.0 Å². The van der Waals surface area contributed by atoms with Crippen LogP contribution in [0, 0.1) is 25.2 Å². The van der Waals surface area contributed by atoms with Crippen LogP contribution in [-0.4, -0.2) is 53.3 Å². The zero-order valence-corrected chi connectivity index (χ0v) is 24.0. The zero-order valence-electron chi connectivity index (χ0n) is 24.0. The van der Waals surface area contributed by atoms with E-state index in [4.69, 9.17) is 4.74 Å². The maximum Gasteiger partial charge on any atom is 0.395 e. The number of benzene rings is 1. The first-order valence-corrected chi connectivity index (χ1v) is 13.7. The van der Waals surface area contributed by atoms with E-state index in [2.05, 4.69) is 21.8 Å². The molecule has 2 N–H and O–H groups in total. The Kier molecular flexibility index (Phi) is 8.40. The molecule has 0 bridgehead atoms. The van der Waals surface area contributed by atoms with Crippen molar-refractivity contribution in [2.45, 2.75) is 66.2 Å². The van der Waals surface area contributed by atoms with E-state index in [1.165, 1.54) is 21.0 Å². The number of nitrogens with one attached hydrogen (secondary N) is 2. The summed E-state index contributed by atoms with van der Waals surface area (Å²) in [6.07, 6.45) is -2.69. The molecule has 40 heavy (non-hydrogen) atoms. The van der Waals surface area contributed by atoms with Gasteiger partial charge in [-0.05, 0) is 78.6 Å². The van der Waals surface area contributed by atoms with Gasteiger partial charge in [-0.2, -0.15) is 13.2 Å². The Labute approximate surface area is 232 Å². The number of nitrogens with zero attached hydrogens (tertiary/aromatic N) is 2. The molecule has 4 rings (SSSR count). The first-order valence-electron chi connectivity index (χ1n) is 13.7. The standard InChI is InChI=1S/C30H39F3N4O3/c1-18-15-25(40-6)23(27(38)35-18)16-34-28(39)26-20(3)37(24-10-8-7-9-22(24)26)19(2)21-11-13-36(14-12-21)17-29(4,5)30(31,32)33/h7-10,15,19,21H,11-14,16-17H2,1-6H3,(H,34,39)(H,35,38)/t19-/m1/s1. The van der Waals surface area contributed by atoms with Crippen LogP contribution in [0.2, 0.25) is 0 Å². The van der Waals surface area contributed by atoms with Crippen molar-refractivity contribution in [1.82, 2.24) is 19.8 Å². The highest BCUT2D eigenvalue weighted by Gasteiger charge is 2.48. The summed E-state index contributed by atoms with van der Waals surface area (Å²) in [4.78, 5) is 30.7. The molecule has 7 nitrogen and oxygen atoms in total. The summed E-state index contributed by atoms with van der Waals surface area (Å²) in [7, 11) is 1.49. The molecule has 1 saturated heterocycles. The van der Waals surface area contributed by atoms with Crippen LogP contribution in [0.15, 0.2) is 35.1 Å². The summed E-state index contributed by atoms with van der Waals surface area (Å²) in [5.74, 6) is 0.385. The van der Waals surface area contributed by atoms with Gasteiger partial charge in [-0.3, -0.25) is 9.59 Å². The summed E-state index contributed by atoms with van der Waals surface area (Å²) in [5, 5.41) is 3.72. The molecule has 1 fully saturated rings. The molecule has 0 aliphatic carbocycles. The van der Waals surface area contributed by atoms with Crippen molar-refractivity contribution in [3.63, 3.8) is 0 Å². The fourth-order valence-electron chi connectivity index (χ4n) is 5.95. The van der Waals surface area contributed by atoms with Crippen LogP contribution in [0.25, 0.3) is 10.9 Å². The van der Waals surface area contributed by atoms with Gasteiger partial charge in [0.1, 0.15) is 5.75 Å². The molecule has 10 heteroatoms. The Morgan fingerprint density at radius 2 is 1.82 bits per heavy atom. The average Bonchev–Trinajstić information content (AvgIpc) is 3.18. The number of methoxy groups -OCH3 is 1. The quantitative estimate of drug-likeness (QED) is 0.368. The molecule has 1 aromatic carbocycles. The van der Waals surface area contributed by atoms with Crippen LogP contribution < -0.4 is 15.6 Å². The Hall–Kier alpha value is -3.27. The van der Waals surface area contributed by atoms with Crippen LogP contribution >= 0.6 is 0 Å². The summed E-state index contributed by atoms with van der Waals surface area (Å²) in [6, 6.07) is 9.50. The number of rotatable bonds is 8. The number of fused-ring (bicyclic) bond motifs is 1. The van der Waals surface area contributed by atoms with E-state index in [9.17, 15) is 22.8 Å². The first-order chi connectivity index (χ1) is 18.7. The average molecular weight is 561 g/mol. The molecule has 218 valence electrons. The molecule has 3 heterocycles. The highest BCUT2D eigenvalue weighted by Crippen LogP contribution is 2.40. The number of aromatic nitrogens is 2. The van der Waals surface area contributed by atoms with E-state index in [0.29, 0.717) is 35.7 Å². The fourth-order valence-corrected chi connectivity index (χ4v) is 5.95. The largest absolute Gasteiger partial charge is 0.496 e. The maximum absolute atomic E-state index is 13.5. The number of amides is 1. The monoisotopic (exact) mass is 560 g/mol. The van der Waals surface area contributed by atoms with Crippen molar-refractivity contribution < 1.29 is 22.7 Å². The predicted octanol–water partition coefficient (Wildman–Crippen LogP) is 5.75. The molecule has 1 aliphatic rings. The van der Waals surface area contributed by atoms with Gasteiger partial charge in [-0.15, -0.1) is 0 Å². The van der Waals surface area contributed by atoms with Crippen molar-refractivity contribution in [3.05, 3.63) is 63.2 Å². The lowest BCUT2D eigenvalue weighted by atomic mass is 9.87. The van der Waals surface area contributed by atoms with Crippen LogP contribution in [0.3, 0.4) is 0 Å². The number of likely N-dealkylation sites (tertiary alicyclic amines) is 1. The minimum atomic E-state index is -4.24. The Bertz CT molecular complexity index is 1430. The minimum absolute atomic E-state index is 0.0119. The molecule has 1 aliphatic heterocycles. The number of para-hydroxylation sites is 1. The zero-order chi connectivity index (χ0) is 29.4. The topological polar surface area (TPSA) is 79.4 Å². The molecule has 0 radical (unpaired) electrons. The van der Waals surface area contributed by atoms with Crippen LogP contribution in [-0.2, 0) is 6.54 Å². The molecular weight excluding hydrogens is 521 g/mol. The van der Waals surface area contributed by atoms with Gasteiger partial charge in [-0.25, -0.2) is 0 Å². The number of hydrogen-bond donors (Lipinski definition) is 2. The third kappa shape index (κ3) is 5.77. The van der Waals surface area contributed by atoms with Gasteiger partial charge < -0.3 is 24.5 Å². The number of hydrogen-bond acceptors (Lipinski definition) is 4. The molecule has 0 unspecified atom stereocenters. The van der Waals surface area contributed by atoms with Gasteiger partial charge in [0.2, 0.25) is 0 Å². The first kappa shape index (κ1) is 29.7. The number of carbonyl (C=O) groups is 1. The second kappa shape index (κ2) is 11.3. The normalized spacial score (nSPS) is 16.3. The van der Waals surface area contributed by atoms with Gasteiger partial charge in [0.25, 0.3) is 11.5 Å². The number of alkyl halides is 3. The molecule has 3 aromatic rings. The van der Waals surface area contributed by atoms with Crippen molar-refractivity contribution in [2.24, 2.45) is 11.3 Å². The maximum atomic E-state index is 13.5. The molecule has 1 amide bonds. The SMILES string of the molecule is COc1cc(C)[nH]c(=O)c1CNC(=O)c1c(C)n([C@H](C)C2CCN(CC(C)(C)C(F)(F)F)CC2)c2ccccc12. The van der Waals surface area contributed by atoms with Crippen molar-refractivity contribution in [2.75, 3.05) is 26.7 Å². The van der Waals surface area contributed by atoms with Crippen molar-refractivity contribution in [1.29, 1.82) is 0 Å². The Morgan fingerprint density at radius 1 is 1.18 bits per heavy atom. The van der Waals surface area contributed by atoms with Crippen molar-refractivity contribution in [3.8, 4) is 5.75 Å². The number of carbonyl (C=O) groups excluding carboxylic acids is 1. The highest BCUT2D eigenvalue weighted by atomic mass is 19.4. The second-order valence-electron chi connectivity index (χ2n) is 11.6. The number of piperidine rings is 1. The molecular formula is C30H39F3N4O3. The van der Waals surface area contributed by atoms with E-state index in [-0.39, 0.29) is 36.5 Å². The Morgan fingerprint density at radius 3 is 2.45 bits per heavy atom. The van der Waals surface area contributed by atoms with Gasteiger partial charge in [0, 0.05) is 34.9 Å². The fraction of sp³-hybridized carbons (Fsp3) is 0.533.